The van der Waals surface area contributed by atoms with Crippen molar-refractivity contribution >= 4 is 23.7 Å². The third-order valence-corrected chi connectivity index (χ3v) is 5.04. The lowest BCUT2D eigenvalue weighted by Gasteiger charge is -2.29. The standard InChI is InChI=1S/C24H30FN3O5/c1-23(2,3)28-19(14-17(26-28)16-12-13-18(29)20(16)25)27(22(31)32-24(4,5)6)33-21(30)15-10-8-7-9-11-15/h7-11,14,16,20H,12-13H2,1-6H3/t16-,20+/m0/s1. The van der Waals surface area contributed by atoms with E-state index in [4.69, 9.17) is 9.57 Å². The van der Waals surface area contributed by atoms with E-state index < -0.39 is 41.1 Å². The molecule has 0 saturated heterocycles. The van der Waals surface area contributed by atoms with E-state index in [1.54, 1.807) is 51.1 Å². The van der Waals surface area contributed by atoms with Crippen molar-refractivity contribution in [2.45, 2.75) is 77.6 Å². The first-order chi connectivity index (χ1) is 15.3. The highest BCUT2D eigenvalue weighted by Crippen LogP contribution is 2.37. The van der Waals surface area contributed by atoms with Gasteiger partial charge in [-0.2, -0.15) is 5.10 Å². The normalized spacial score (nSPS) is 18.8. The lowest BCUT2D eigenvalue weighted by Crippen LogP contribution is -2.41. The Morgan fingerprint density at radius 3 is 2.27 bits per heavy atom. The summed E-state index contributed by atoms with van der Waals surface area (Å²) in [7, 11) is 0. The number of ketones is 1. The number of benzene rings is 1. The average Bonchev–Trinajstić information content (AvgIpc) is 3.29. The molecule has 0 aliphatic heterocycles. The van der Waals surface area contributed by atoms with E-state index in [0.717, 1.165) is 5.06 Å². The van der Waals surface area contributed by atoms with Crippen LogP contribution in [0.4, 0.5) is 15.0 Å². The molecule has 0 bridgehead atoms. The van der Waals surface area contributed by atoms with Gasteiger partial charge in [0.25, 0.3) is 0 Å². The van der Waals surface area contributed by atoms with Gasteiger partial charge in [0.2, 0.25) is 0 Å². The molecule has 1 saturated carbocycles. The highest BCUT2D eigenvalue weighted by Gasteiger charge is 2.40. The molecule has 0 spiro atoms. The molecular weight excluding hydrogens is 429 g/mol. The summed E-state index contributed by atoms with van der Waals surface area (Å²) >= 11 is 0. The molecule has 9 heteroatoms. The second kappa shape index (κ2) is 8.96. The van der Waals surface area contributed by atoms with Crippen molar-refractivity contribution in [2.75, 3.05) is 5.06 Å². The van der Waals surface area contributed by atoms with Gasteiger partial charge in [0.1, 0.15) is 5.60 Å². The van der Waals surface area contributed by atoms with E-state index in [1.165, 1.54) is 10.7 Å². The zero-order valence-electron chi connectivity index (χ0n) is 19.8. The maximum atomic E-state index is 14.5. The number of rotatable bonds is 3. The number of amides is 1. The molecule has 178 valence electrons. The molecule has 3 rings (SSSR count). The first kappa shape index (κ1) is 24.4. The van der Waals surface area contributed by atoms with Gasteiger partial charge < -0.3 is 9.57 Å². The number of aromatic nitrogens is 2. The Bertz CT molecular complexity index is 1040. The highest BCUT2D eigenvalue weighted by atomic mass is 19.1. The smallest absolute Gasteiger partial charge is 0.441 e. The van der Waals surface area contributed by atoms with Gasteiger partial charge in [0.05, 0.1) is 16.8 Å². The zero-order chi connectivity index (χ0) is 24.6. The summed E-state index contributed by atoms with van der Waals surface area (Å²) in [4.78, 5) is 43.2. The van der Waals surface area contributed by atoms with Crippen LogP contribution in [0, 0.1) is 0 Å². The molecule has 1 amide bonds. The van der Waals surface area contributed by atoms with Crippen LogP contribution in [-0.2, 0) is 19.9 Å². The van der Waals surface area contributed by atoms with Gasteiger partial charge in [-0.15, -0.1) is 0 Å². The fourth-order valence-electron chi connectivity index (χ4n) is 3.50. The van der Waals surface area contributed by atoms with Gasteiger partial charge in [0, 0.05) is 18.4 Å². The van der Waals surface area contributed by atoms with E-state index in [2.05, 4.69) is 5.10 Å². The summed E-state index contributed by atoms with van der Waals surface area (Å²) in [6.45, 7) is 10.6. The number of halogens is 1. The number of nitrogens with zero attached hydrogens (tertiary/aromatic N) is 3. The molecule has 2 aromatic rings. The van der Waals surface area contributed by atoms with Crippen molar-refractivity contribution in [1.82, 2.24) is 9.78 Å². The van der Waals surface area contributed by atoms with Gasteiger partial charge in [-0.3, -0.25) is 4.79 Å². The van der Waals surface area contributed by atoms with Crippen LogP contribution >= 0.6 is 0 Å². The average molecular weight is 460 g/mol. The molecule has 0 N–H and O–H groups in total. The SMILES string of the molecule is CC(C)(C)OC(=O)N(OC(=O)c1ccccc1)c1cc([C@@H]2CCC(=O)[C@@H]2F)nn1C(C)(C)C. The number of hydrogen-bond donors (Lipinski definition) is 0. The molecule has 1 heterocycles. The lowest BCUT2D eigenvalue weighted by molar-refractivity contribution is -0.121. The van der Waals surface area contributed by atoms with Crippen LogP contribution in [0.1, 0.15) is 76.4 Å². The van der Waals surface area contributed by atoms with Gasteiger partial charge in [-0.1, -0.05) is 23.3 Å². The molecule has 1 aromatic carbocycles. The number of ether oxygens (including phenoxy) is 1. The summed E-state index contributed by atoms with van der Waals surface area (Å²) in [6, 6.07) is 9.68. The number of carbonyl (C=O) groups excluding carboxylic acids is 3. The minimum atomic E-state index is -1.66. The Hall–Kier alpha value is -3.23. The molecule has 33 heavy (non-hydrogen) atoms. The second-order valence-electron chi connectivity index (χ2n) is 10.0. The van der Waals surface area contributed by atoms with Crippen molar-refractivity contribution in [3.8, 4) is 0 Å². The minimum Gasteiger partial charge on any atom is -0.441 e. The third-order valence-electron chi connectivity index (χ3n) is 5.04. The van der Waals surface area contributed by atoms with E-state index in [-0.39, 0.29) is 17.8 Å². The number of anilines is 1. The maximum Gasteiger partial charge on any atom is 0.450 e. The van der Waals surface area contributed by atoms with Crippen LogP contribution in [0.25, 0.3) is 0 Å². The molecule has 1 fully saturated rings. The van der Waals surface area contributed by atoms with Crippen molar-refractivity contribution in [1.29, 1.82) is 0 Å². The van der Waals surface area contributed by atoms with Crippen LogP contribution in [0.15, 0.2) is 36.4 Å². The van der Waals surface area contributed by atoms with E-state index in [0.29, 0.717) is 12.1 Å². The van der Waals surface area contributed by atoms with E-state index in [1.807, 2.05) is 20.8 Å². The van der Waals surface area contributed by atoms with Crippen LogP contribution in [0.2, 0.25) is 0 Å². The van der Waals surface area contributed by atoms with Gasteiger partial charge in [0.15, 0.2) is 17.8 Å². The number of Topliss-reactive ketones (excluding diaryl/α,β-unsaturated/α-hetero) is 1. The Kier molecular flexibility index (Phi) is 6.63. The van der Waals surface area contributed by atoms with Crippen LogP contribution in [0.3, 0.4) is 0 Å². The molecular formula is C24H30FN3O5. The van der Waals surface area contributed by atoms with Gasteiger partial charge in [-0.25, -0.2) is 18.7 Å². The molecule has 1 aliphatic rings. The molecule has 8 nitrogen and oxygen atoms in total. The summed E-state index contributed by atoms with van der Waals surface area (Å²) in [5.41, 5.74) is -0.992. The van der Waals surface area contributed by atoms with Crippen molar-refractivity contribution in [3.05, 3.63) is 47.7 Å². The summed E-state index contributed by atoms with van der Waals surface area (Å²) in [5, 5.41) is 5.25. The van der Waals surface area contributed by atoms with Crippen LogP contribution < -0.4 is 5.06 Å². The fourth-order valence-corrected chi connectivity index (χ4v) is 3.50. The zero-order valence-corrected chi connectivity index (χ0v) is 19.8. The number of carbonyl (C=O) groups is 3. The monoisotopic (exact) mass is 459 g/mol. The topological polar surface area (TPSA) is 90.7 Å². The largest absolute Gasteiger partial charge is 0.450 e. The first-order valence-electron chi connectivity index (χ1n) is 10.9. The Labute approximate surface area is 192 Å². The van der Waals surface area contributed by atoms with Crippen molar-refractivity contribution in [3.63, 3.8) is 0 Å². The Balaban J connectivity index is 2.06. The molecule has 1 aliphatic carbocycles. The molecule has 0 unspecified atom stereocenters. The van der Waals surface area contributed by atoms with Crippen molar-refractivity contribution in [2.24, 2.45) is 0 Å². The molecule has 2 atom stereocenters. The lowest BCUT2D eigenvalue weighted by atomic mass is 10.0. The first-order valence-corrected chi connectivity index (χ1v) is 10.9. The molecule has 0 radical (unpaired) electrons. The van der Waals surface area contributed by atoms with Gasteiger partial charge in [-0.05, 0) is 60.1 Å². The number of hydroxylamine groups is 1. The number of hydrogen-bond acceptors (Lipinski definition) is 6. The fraction of sp³-hybridized carbons (Fsp3) is 0.500. The maximum absolute atomic E-state index is 14.5. The quantitative estimate of drug-likeness (QED) is 0.604. The summed E-state index contributed by atoms with van der Waals surface area (Å²) in [5.74, 6) is -1.87. The molecule has 1 aromatic heterocycles. The number of alkyl halides is 1. The Morgan fingerprint density at radius 1 is 1.12 bits per heavy atom. The minimum absolute atomic E-state index is 0.0996. The highest BCUT2D eigenvalue weighted by molar-refractivity contribution is 5.94. The summed E-state index contributed by atoms with van der Waals surface area (Å²) in [6.07, 6.45) is -2.15. The Morgan fingerprint density at radius 2 is 1.76 bits per heavy atom. The van der Waals surface area contributed by atoms with Gasteiger partial charge >= 0.3 is 12.1 Å². The van der Waals surface area contributed by atoms with Crippen LogP contribution in [-0.4, -0.2) is 39.4 Å². The van der Waals surface area contributed by atoms with E-state index >= 15 is 0 Å². The second-order valence-corrected chi connectivity index (χ2v) is 10.0. The van der Waals surface area contributed by atoms with E-state index in [9.17, 15) is 18.8 Å². The predicted octanol–water partition coefficient (Wildman–Crippen LogP) is 4.94. The van der Waals surface area contributed by atoms with Crippen LogP contribution in [0.5, 0.6) is 0 Å². The summed E-state index contributed by atoms with van der Waals surface area (Å²) < 4.78 is 21.5. The predicted molar refractivity (Wildman–Crippen MR) is 120 cm³/mol. The van der Waals surface area contributed by atoms with Crippen molar-refractivity contribution < 1.29 is 28.3 Å². The third kappa shape index (κ3) is 5.58.